The van der Waals surface area contributed by atoms with Crippen LogP contribution < -0.4 is 16.6 Å². The SMILES string of the molecule is C[C@@H](Nc1nc(N)[nH]c(=O)c1[N+](=O)[O-])C(C)(C)O. The molecule has 1 aromatic rings. The van der Waals surface area contributed by atoms with Crippen molar-refractivity contribution >= 4 is 17.5 Å². The summed E-state index contributed by atoms with van der Waals surface area (Å²) in [6.07, 6.45) is 0. The molecule has 0 aliphatic carbocycles. The first-order valence-corrected chi connectivity index (χ1v) is 5.16. The Labute approximate surface area is 102 Å². The fourth-order valence-electron chi connectivity index (χ4n) is 1.14. The van der Waals surface area contributed by atoms with Gasteiger partial charge in [-0.3, -0.25) is 19.9 Å². The number of hydrogen-bond acceptors (Lipinski definition) is 7. The molecule has 18 heavy (non-hydrogen) atoms. The van der Waals surface area contributed by atoms with E-state index in [-0.39, 0.29) is 11.8 Å². The molecule has 0 spiro atoms. The molecular weight excluding hydrogens is 242 g/mol. The Bertz CT molecular complexity index is 519. The molecule has 0 saturated carbocycles. The standard InChI is InChI=1S/C9H15N5O4/c1-4(9(2,3)16)11-6-5(14(17)18)7(15)13-8(10)12-6/h4,16H,1-3H3,(H4,10,11,12,13,15)/t4-/m1/s1. The van der Waals surface area contributed by atoms with Crippen LogP contribution in [-0.2, 0) is 0 Å². The Balaban J connectivity index is 3.24. The Hall–Kier alpha value is -2.16. The van der Waals surface area contributed by atoms with Crippen LogP contribution in [0.1, 0.15) is 20.8 Å². The van der Waals surface area contributed by atoms with Gasteiger partial charge in [0, 0.05) is 0 Å². The van der Waals surface area contributed by atoms with E-state index in [1.807, 2.05) is 4.98 Å². The summed E-state index contributed by atoms with van der Waals surface area (Å²) < 4.78 is 0. The number of H-pyrrole nitrogens is 1. The summed E-state index contributed by atoms with van der Waals surface area (Å²) in [5.41, 5.74) is 2.49. The number of nitrogens with one attached hydrogen (secondary N) is 2. The molecule has 0 bridgehead atoms. The monoisotopic (exact) mass is 257 g/mol. The fraction of sp³-hybridized carbons (Fsp3) is 0.556. The lowest BCUT2D eigenvalue weighted by molar-refractivity contribution is -0.385. The summed E-state index contributed by atoms with van der Waals surface area (Å²) in [6, 6.07) is -0.565. The predicted octanol–water partition coefficient (Wildman–Crippen LogP) is -0.168. The number of nitro groups is 1. The third kappa shape index (κ3) is 2.94. The van der Waals surface area contributed by atoms with Crippen molar-refractivity contribution in [3.05, 3.63) is 20.5 Å². The van der Waals surface area contributed by atoms with E-state index in [1.165, 1.54) is 13.8 Å². The van der Waals surface area contributed by atoms with E-state index in [9.17, 15) is 20.0 Å². The van der Waals surface area contributed by atoms with E-state index in [1.54, 1.807) is 6.92 Å². The van der Waals surface area contributed by atoms with Crippen LogP contribution in [0.25, 0.3) is 0 Å². The molecule has 1 heterocycles. The lowest BCUT2D eigenvalue weighted by atomic mass is 10.0. The first kappa shape index (κ1) is 13.9. The normalized spacial score (nSPS) is 13.1. The third-order valence-corrected chi connectivity index (χ3v) is 2.51. The summed E-state index contributed by atoms with van der Waals surface area (Å²) >= 11 is 0. The van der Waals surface area contributed by atoms with Crippen molar-refractivity contribution in [2.24, 2.45) is 0 Å². The first-order valence-electron chi connectivity index (χ1n) is 5.16. The maximum absolute atomic E-state index is 11.4. The van der Waals surface area contributed by atoms with Gasteiger partial charge in [-0.15, -0.1) is 0 Å². The zero-order chi connectivity index (χ0) is 14.1. The van der Waals surface area contributed by atoms with E-state index in [0.29, 0.717) is 0 Å². The van der Waals surface area contributed by atoms with Crippen molar-refractivity contribution in [1.82, 2.24) is 9.97 Å². The minimum absolute atomic E-state index is 0.240. The van der Waals surface area contributed by atoms with E-state index >= 15 is 0 Å². The van der Waals surface area contributed by atoms with Crippen molar-refractivity contribution < 1.29 is 10.0 Å². The molecule has 0 amide bonds. The zero-order valence-electron chi connectivity index (χ0n) is 10.2. The number of nitrogens with zero attached hydrogens (tertiary/aromatic N) is 2. The fourth-order valence-corrected chi connectivity index (χ4v) is 1.14. The first-order chi connectivity index (χ1) is 8.12. The molecule has 0 fully saturated rings. The molecule has 5 N–H and O–H groups in total. The lowest BCUT2D eigenvalue weighted by Gasteiger charge is -2.26. The van der Waals surface area contributed by atoms with Gasteiger partial charge in [-0.1, -0.05) is 0 Å². The third-order valence-electron chi connectivity index (χ3n) is 2.51. The summed E-state index contributed by atoms with van der Waals surface area (Å²) in [7, 11) is 0. The van der Waals surface area contributed by atoms with Gasteiger partial charge in [0.1, 0.15) is 0 Å². The van der Waals surface area contributed by atoms with Crippen LogP contribution in [0.3, 0.4) is 0 Å². The molecule has 1 atom stereocenters. The van der Waals surface area contributed by atoms with Gasteiger partial charge in [-0.25, -0.2) is 0 Å². The van der Waals surface area contributed by atoms with Crippen molar-refractivity contribution in [3.63, 3.8) is 0 Å². The number of aromatic amines is 1. The van der Waals surface area contributed by atoms with E-state index in [0.717, 1.165) is 0 Å². The molecule has 0 aliphatic rings. The molecule has 9 heteroatoms. The highest BCUT2D eigenvalue weighted by molar-refractivity contribution is 5.56. The van der Waals surface area contributed by atoms with Gasteiger partial charge in [0.2, 0.25) is 11.8 Å². The molecule has 0 saturated heterocycles. The summed E-state index contributed by atoms with van der Waals surface area (Å²) in [4.78, 5) is 27.1. The number of nitrogens with two attached hydrogens (primary N) is 1. The van der Waals surface area contributed by atoms with Gasteiger partial charge in [-0.2, -0.15) is 4.98 Å². The molecular formula is C9H15N5O4. The zero-order valence-corrected chi connectivity index (χ0v) is 10.2. The maximum atomic E-state index is 11.4. The predicted molar refractivity (Wildman–Crippen MR) is 65.3 cm³/mol. The van der Waals surface area contributed by atoms with Crippen LogP contribution in [0.2, 0.25) is 0 Å². The Morgan fingerprint density at radius 2 is 2.17 bits per heavy atom. The molecule has 100 valence electrons. The largest absolute Gasteiger partial charge is 0.388 e. The van der Waals surface area contributed by atoms with E-state index in [4.69, 9.17) is 5.73 Å². The molecule has 1 rings (SSSR count). The smallest absolute Gasteiger partial charge is 0.375 e. The highest BCUT2D eigenvalue weighted by Gasteiger charge is 2.28. The van der Waals surface area contributed by atoms with Crippen molar-refractivity contribution in [1.29, 1.82) is 0 Å². The Morgan fingerprint density at radius 3 is 2.61 bits per heavy atom. The van der Waals surface area contributed by atoms with Crippen LogP contribution >= 0.6 is 0 Å². The minimum Gasteiger partial charge on any atom is -0.388 e. The molecule has 0 radical (unpaired) electrons. The van der Waals surface area contributed by atoms with E-state index in [2.05, 4.69) is 10.3 Å². The summed E-state index contributed by atoms with van der Waals surface area (Å²) in [5, 5.41) is 23.1. The van der Waals surface area contributed by atoms with Crippen LogP contribution in [0.5, 0.6) is 0 Å². The molecule has 0 aromatic carbocycles. The second-order valence-electron chi connectivity index (χ2n) is 4.43. The molecule has 1 aromatic heterocycles. The van der Waals surface area contributed by atoms with Gasteiger partial charge in [-0.05, 0) is 20.8 Å². The van der Waals surface area contributed by atoms with Gasteiger partial charge < -0.3 is 16.2 Å². The second-order valence-corrected chi connectivity index (χ2v) is 4.43. The number of anilines is 2. The van der Waals surface area contributed by atoms with E-state index < -0.39 is 27.8 Å². The molecule has 0 aliphatic heterocycles. The minimum atomic E-state index is -1.15. The number of hydrogen-bond donors (Lipinski definition) is 4. The number of rotatable bonds is 4. The van der Waals surface area contributed by atoms with Crippen molar-refractivity contribution in [2.45, 2.75) is 32.4 Å². The van der Waals surface area contributed by atoms with Crippen LogP contribution in [-0.4, -0.2) is 31.6 Å². The second kappa shape index (κ2) is 4.61. The molecule has 0 unspecified atom stereocenters. The van der Waals surface area contributed by atoms with Gasteiger partial charge in [0.05, 0.1) is 16.6 Å². The number of aromatic nitrogens is 2. The van der Waals surface area contributed by atoms with Crippen molar-refractivity contribution in [2.75, 3.05) is 11.1 Å². The number of aliphatic hydroxyl groups is 1. The highest BCUT2D eigenvalue weighted by Crippen LogP contribution is 2.20. The Morgan fingerprint density at radius 1 is 1.61 bits per heavy atom. The number of nitrogen functional groups attached to an aromatic ring is 1. The summed E-state index contributed by atoms with van der Waals surface area (Å²) in [6.45, 7) is 4.64. The average Bonchev–Trinajstić information content (AvgIpc) is 2.13. The van der Waals surface area contributed by atoms with Crippen LogP contribution in [0, 0.1) is 10.1 Å². The van der Waals surface area contributed by atoms with Gasteiger partial charge in [0.25, 0.3) is 0 Å². The average molecular weight is 257 g/mol. The maximum Gasteiger partial charge on any atom is 0.375 e. The van der Waals surface area contributed by atoms with Crippen molar-refractivity contribution in [3.8, 4) is 0 Å². The molecule has 9 nitrogen and oxygen atoms in total. The summed E-state index contributed by atoms with van der Waals surface area (Å²) in [5.74, 6) is -0.507. The van der Waals surface area contributed by atoms with Gasteiger partial charge >= 0.3 is 11.2 Å². The highest BCUT2D eigenvalue weighted by atomic mass is 16.6. The van der Waals surface area contributed by atoms with Crippen LogP contribution in [0.4, 0.5) is 17.5 Å². The lowest BCUT2D eigenvalue weighted by Crippen LogP contribution is -2.40. The van der Waals surface area contributed by atoms with Crippen LogP contribution in [0.15, 0.2) is 4.79 Å². The topological polar surface area (TPSA) is 147 Å². The van der Waals surface area contributed by atoms with Gasteiger partial charge in [0.15, 0.2) is 0 Å². The Kier molecular flexibility index (Phi) is 3.56. The quantitative estimate of drug-likeness (QED) is 0.432.